The third-order valence-corrected chi connectivity index (χ3v) is 2.82. The number of piperidine rings is 1. The lowest BCUT2D eigenvalue weighted by molar-refractivity contribution is -0.126. The third kappa shape index (κ3) is 2.75. The molecule has 1 aliphatic rings. The quantitative estimate of drug-likeness (QED) is 0.716. The van der Waals surface area contributed by atoms with E-state index >= 15 is 0 Å². The molecule has 0 saturated carbocycles. The molecule has 0 N–H and O–H groups in total. The van der Waals surface area contributed by atoms with Crippen molar-refractivity contribution in [2.75, 3.05) is 13.1 Å². The van der Waals surface area contributed by atoms with Crippen molar-refractivity contribution in [1.82, 2.24) is 4.90 Å². The summed E-state index contributed by atoms with van der Waals surface area (Å²) in [6, 6.07) is 3.76. The minimum Gasteiger partial charge on any atom is -0.462 e. The Hall–Kier alpha value is -1.51. The molecule has 3 heteroatoms. The van der Waals surface area contributed by atoms with Crippen LogP contribution in [0.3, 0.4) is 0 Å². The first-order chi connectivity index (χ1) is 7.75. The summed E-state index contributed by atoms with van der Waals surface area (Å²) >= 11 is 0. The second-order valence-corrected chi connectivity index (χ2v) is 4.17. The maximum atomic E-state index is 11.8. The van der Waals surface area contributed by atoms with E-state index in [1.54, 1.807) is 12.2 Å². The monoisotopic (exact) mass is 219 g/mol. The van der Waals surface area contributed by atoms with Crippen LogP contribution in [0.1, 0.15) is 30.8 Å². The molecule has 0 radical (unpaired) electrons. The number of carbonyl (C=O) groups excluding carboxylic acids is 1. The summed E-state index contributed by atoms with van der Waals surface area (Å²) in [6.07, 6.45) is 6.83. The molecule has 16 heavy (non-hydrogen) atoms. The van der Waals surface area contributed by atoms with Gasteiger partial charge >= 0.3 is 0 Å². The Morgan fingerprint density at radius 2 is 2.06 bits per heavy atom. The fourth-order valence-corrected chi connectivity index (χ4v) is 1.92. The van der Waals surface area contributed by atoms with E-state index in [9.17, 15) is 4.79 Å². The Bertz CT molecular complexity index is 386. The standard InChI is InChI=1S/C13H17NO2/c1-11-5-6-12(16-11)7-8-13(15)14-9-3-2-4-10-14/h5-8H,2-4,9-10H2,1H3. The van der Waals surface area contributed by atoms with Crippen LogP contribution in [-0.4, -0.2) is 23.9 Å². The van der Waals surface area contributed by atoms with E-state index in [0.29, 0.717) is 0 Å². The summed E-state index contributed by atoms with van der Waals surface area (Å²) in [5, 5.41) is 0. The average Bonchev–Trinajstić information content (AvgIpc) is 2.73. The molecule has 1 aliphatic heterocycles. The molecule has 86 valence electrons. The van der Waals surface area contributed by atoms with Gasteiger partial charge < -0.3 is 9.32 Å². The number of carbonyl (C=O) groups is 1. The van der Waals surface area contributed by atoms with E-state index < -0.39 is 0 Å². The van der Waals surface area contributed by atoms with Crippen molar-refractivity contribution >= 4 is 12.0 Å². The molecule has 0 spiro atoms. The van der Waals surface area contributed by atoms with Gasteiger partial charge in [0.25, 0.3) is 0 Å². The number of furan rings is 1. The van der Waals surface area contributed by atoms with E-state index in [2.05, 4.69) is 0 Å². The summed E-state index contributed by atoms with van der Waals surface area (Å²) in [7, 11) is 0. The first-order valence-electron chi connectivity index (χ1n) is 5.79. The van der Waals surface area contributed by atoms with Crippen LogP contribution in [0.15, 0.2) is 22.6 Å². The molecule has 2 rings (SSSR count). The maximum Gasteiger partial charge on any atom is 0.246 e. The molecule has 0 atom stereocenters. The molecule has 3 nitrogen and oxygen atoms in total. The predicted molar refractivity (Wildman–Crippen MR) is 62.9 cm³/mol. The van der Waals surface area contributed by atoms with Crippen molar-refractivity contribution in [1.29, 1.82) is 0 Å². The Morgan fingerprint density at radius 1 is 1.31 bits per heavy atom. The minimum absolute atomic E-state index is 0.0914. The van der Waals surface area contributed by atoms with Gasteiger partial charge in [-0.1, -0.05) is 0 Å². The summed E-state index contributed by atoms with van der Waals surface area (Å²) in [5.41, 5.74) is 0. The van der Waals surface area contributed by atoms with E-state index in [0.717, 1.165) is 37.5 Å². The van der Waals surface area contributed by atoms with Crippen molar-refractivity contribution in [3.8, 4) is 0 Å². The van der Waals surface area contributed by atoms with Gasteiger partial charge in [-0.05, 0) is 44.4 Å². The van der Waals surface area contributed by atoms with Gasteiger partial charge in [0, 0.05) is 19.2 Å². The zero-order valence-electron chi connectivity index (χ0n) is 9.61. The molecule has 1 fully saturated rings. The smallest absolute Gasteiger partial charge is 0.246 e. The highest BCUT2D eigenvalue weighted by Gasteiger charge is 2.13. The molecule has 0 bridgehead atoms. The van der Waals surface area contributed by atoms with Gasteiger partial charge in [0.05, 0.1) is 0 Å². The highest BCUT2D eigenvalue weighted by molar-refractivity contribution is 5.91. The molecule has 1 aromatic rings. The zero-order chi connectivity index (χ0) is 11.4. The first kappa shape index (κ1) is 11.0. The van der Waals surface area contributed by atoms with E-state index in [4.69, 9.17) is 4.42 Å². The highest BCUT2D eigenvalue weighted by atomic mass is 16.3. The molecular weight excluding hydrogens is 202 g/mol. The van der Waals surface area contributed by atoms with Crippen molar-refractivity contribution in [2.45, 2.75) is 26.2 Å². The lowest BCUT2D eigenvalue weighted by Gasteiger charge is -2.25. The largest absolute Gasteiger partial charge is 0.462 e. The Balaban J connectivity index is 1.93. The predicted octanol–water partition coefficient (Wildman–Crippen LogP) is 2.61. The van der Waals surface area contributed by atoms with Gasteiger partial charge in [0.1, 0.15) is 11.5 Å². The van der Waals surface area contributed by atoms with Gasteiger partial charge in [-0.3, -0.25) is 4.79 Å². The fourth-order valence-electron chi connectivity index (χ4n) is 1.92. The fraction of sp³-hybridized carbons (Fsp3) is 0.462. The number of hydrogen-bond donors (Lipinski definition) is 0. The molecule has 0 aromatic carbocycles. The molecule has 1 aromatic heterocycles. The van der Waals surface area contributed by atoms with Crippen molar-refractivity contribution in [3.63, 3.8) is 0 Å². The van der Waals surface area contributed by atoms with E-state index in [-0.39, 0.29) is 5.91 Å². The van der Waals surface area contributed by atoms with Crippen LogP contribution < -0.4 is 0 Å². The van der Waals surface area contributed by atoms with Crippen LogP contribution in [0.5, 0.6) is 0 Å². The zero-order valence-corrected chi connectivity index (χ0v) is 9.61. The second kappa shape index (κ2) is 5.01. The maximum absolute atomic E-state index is 11.8. The number of nitrogens with zero attached hydrogens (tertiary/aromatic N) is 1. The summed E-state index contributed by atoms with van der Waals surface area (Å²) in [4.78, 5) is 13.7. The molecule has 0 aliphatic carbocycles. The van der Waals surface area contributed by atoms with Gasteiger partial charge in [-0.2, -0.15) is 0 Å². The van der Waals surface area contributed by atoms with Crippen LogP contribution >= 0.6 is 0 Å². The van der Waals surface area contributed by atoms with E-state index in [1.165, 1.54) is 6.42 Å². The number of hydrogen-bond acceptors (Lipinski definition) is 2. The first-order valence-corrected chi connectivity index (χ1v) is 5.79. The number of amides is 1. The summed E-state index contributed by atoms with van der Waals surface area (Å²) in [6.45, 7) is 3.67. The molecule has 0 unspecified atom stereocenters. The van der Waals surface area contributed by atoms with Crippen LogP contribution in [0, 0.1) is 6.92 Å². The lowest BCUT2D eigenvalue weighted by atomic mass is 10.1. The lowest BCUT2D eigenvalue weighted by Crippen LogP contribution is -2.34. The van der Waals surface area contributed by atoms with Crippen molar-refractivity contribution < 1.29 is 9.21 Å². The highest BCUT2D eigenvalue weighted by Crippen LogP contribution is 2.11. The summed E-state index contributed by atoms with van der Waals surface area (Å²) in [5.74, 6) is 1.70. The van der Waals surface area contributed by atoms with Crippen LogP contribution in [-0.2, 0) is 4.79 Å². The number of likely N-dealkylation sites (tertiary alicyclic amines) is 1. The van der Waals surface area contributed by atoms with Crippen molar-refractivity contribution in [2.24, 2.45) is 0 Å². The van der Waals surface area contributed by atoms with Crippen LogP contribution in [0.2, 0.25) is 0 Å². The Morgan fingerprint density at radius 3 is 2.69 bits per heavy atom. The number of aryl methyl sites for hydroxylation is 1. The second-order valence-electron chi connectivity index (χ2n) is 4.17. The van der Waals surface area contributed by atoms with Gasteiger partial charge in [-0.25, -0.2) is 0 Å². The van der Waals surface area contributed by atoms with E-state index in [1.807, 2.05) is 24.0 Å². The minimum atomic E-state index is 0.0914. The SMILES string of the molecule is Cc1ccc(C=CC(=O)N2CCCCC2)o1. The average molecular weight is 219 g/mol. The summed E-state index contributed by atoms with van der Waals surface area (Å²) < 4.78 is 5.36. The topological polar surface area (TPSA) is 33.5 Å². The normalized spacial score (nSPS) is 16.9. The van der Waals surface area contributed by atoms with Gasteiger partial charge in [0.15, 0.2) is 0 Å². The van der Waals surface area contributed by atoms with Gasteiger partial charge in [0.2, 0.25) is 5.91 Å². The van der Waals surface area contributed by atoms with Crippen molar-refractivity contribution in [3.05, 3.63) is 29.7 Å². The Kier molecular flexibility index (Phi) is 3.44. The van der Waals surface area contributed by atoms with Gasteiger partial charge in [-0.15, -0.1) is 0 Å². The third-order valence-electron chi connectivity index (χ3n) is 2.82. The molecule has 2 heterocycles. The molecule has 1 saturated heterocycles. The van der Waals surface area contributed by atoms with Crippen LogP contribution in [0.25, 0.3) is 6.08 Å². The van der Waals surface area contributed by atoms with Crippen LogP contribution in [0.4, 0.5) is 0 Å². The number of rotatable bonds is 2. The Labute approximate surface area is 95.7 Å². The molecular formula is C13H17NO2. The molecule has 1 amide bonds.